The Balaban J connectivity index is 0.000000244. The molecule has 61 heavy (non-hydrogen) atoms. The quantitative estimate of drug-likeness (QED) is 0.0691. The zero-order valence-corrected chi connectivity index (χ0v) is 35.4. The zero-order chi connectivity index (χ0) is 44.2. The molecule has 5 atom stereocenters. The predicted octanol–water partition coefficient (Wildman–Crippen LogP) is 6.27. The summed E-state index contributed by atoms with van der Waals surface area (Å²) in [6.45, 7) is 11.8. The van der Waals surface area contributed by atoms with Crippen LogP contribution in [-0.2, 0) is 72.0 Å². The minimum Gasteiger partial charge on any atom is -0.445 e. The lowest BCUT2D eigenvalue weighted by atomic mass is 10.2. The molecule has 2 heterocycles. The van der Waals surface area contributed by atoms with Crippen molar-refractivity contribution in [3.05, 3.63) is 108 Å². The van der Waals surface area contributed by atoms with Crippen molar-refractivity contribution in [3.63, 3.8) is 0 Å². The molecule has 5 rings (SSSR count). The zero-order valence-electron chi connectivity index (χ0n) is 35.4. The van der Waals surface area contributed by atoms with E-state index in [-0.39, 0.29) is 38.7 Å². The Labute approximate surface area is 357 Å². The fourth-order valence-electron chi connectivity index (χ4n) is 5.66. The van der Waals surface area contributed by atoms with Gasteiger partial charge >= 0.3 is 30.2 Å². The second-order valence-corrected chi connectivity index (χ2v) is 13.2. The van der Waals surface area contributed by atoms with Gasteiger partial charge < -0.3 is 58.6 Å². The van der Waals surface area contributed by atoms with Crippen molar-refractivity contribution in [1.82, 2.24) is 16.0 Å². The number of rotatable bonds is 19. The maximum Gasteiger partial charge on any atom is 0.407 e. The van der Waals surface area contributed by atoms with Gasteiger partial charge in [-0.15, -0.1) is 0 Å². The van der Waals surface area contributed by atoms with Gasteiger partial charge in [0.2, 0.25) is 12.6 Å². The van der Waals surface area contributed by atoms with Crippen molar-refractivity contribution in [2.24, 2.45) is 0 Å². The van der Waals surface area contributed by atoms with E-state index >= 15 is 0 Å². The maximum atomic E-state index is 11.9. The summed E-state index contributed by atoms with van der Waals surface area (Å²) in [4.78, 5) is 57.6. The van der Waals surface area contributed by atoms with Crippen LogP contribution in [-0.4, -0.2) is 93.6 Å². The molecule has 3 aromatic carbocycles. The number of carbonyl (C=O) groups is 5. The standard InChI is InChI=1S/C16H25NO4.2C14H17NO5/c1-4-14(15(19-5-2)20-6-3)17-16(18)21-12-13-10-8-7-9-11-13;2*1-2-18-13-11(8-12(16)20-13)15-14(17)19-9-10-6-4-3-5-7-10/h7-11,14-15H,4-6,12H2,1-3H3,(H,17,18);2*3-7,11,13H,2,8-9H2,1H3,(H,15,17)/t14-;11-,13+;11-,13-/m000/s1. The van der Waals surface area contributed by atoms with E-state index in [0.29, 0.717) is 32.8 Å². The highest BCUT2D eigenvalue weighted by Crippen LogP contribution is 2.18. The fourth-order valence-corrected chi connectivity index (χ4v) is 5.66. The molecule has 2 aliphatic rings. The third-order valence-electron chi connectivity index (χ3n) is 8.57. The summed E-state index contributed by atoms with van der Waals surface area (Å²) in [6.07, 6.45) is -2.71. The van der Waals surface area contributed by atoms with Crippen LogP contribution in [0, 0.1) is 0 Å². The minimum atomic E-state index is -0.739. The molecule has 0 aliphatic carbocycles. The van der Waals surface area contributed by atoms with Crippen LogP contribution < -0.4 is 16.0 Å². The Morgan fingerprint density at radius 2 is 0.918 bits per heavy atom. The van der Waals surface area contributed by atoms with Gasteiger partial charge in [0, 0.05) is 26.4 Å². The first-order chi connectivity index (χ1) is 29.6. The Morgan fingerprint density at radius 1 is 0.557 bits per heavy atom. The van der Waals surface area contributed by atoms with Crippen molar-refractivity contribution in [1.29, 1.82) is 0 Å². The van der Waals surface area contributed by atoms with Gasteiger partial charge in [0.15, 0.2) is 6.29 Å². The summed E-state index contributed by atoms with van der Waals surface area (Å²) in [5, 5.41) is 7.96. The second-order valence-electron chi connectivity index (χ2n) is 13.2. The van der Waals surface area contributed by atoms with Gasteiger partial charge in [-0.3, -0.25) is 9.59 Å². The molecular weight excluding hydrogens is 794 g/mol. The number of hydrogen-bond donors (Lipinski definition) is 3. The number of carbonyl (C=O) groups excluding carboxylic acids is 5. The fraction of sp³-hybridized carbons (Fsp3) is 0.477. The number of ether oxygens (including phenoxy) is 9. The lowest BCUT2D eigenvalue weighted by Crippen LogP contribution is -2.45. The molecule has 0 bridgehead atoms. The lowest BCUT2D eigenvalue weighted by Gasteiger charge is -2.26. The highest BCUT2D eigenvalue weighted by Gasteiger charge is 2.38. The SMILES string of the molecule is CCOC(OCC)[C@H](CC)NC(=O)OCc1ccccc1.CCO[C@@H]1OC(=O)C[C@@H]1NC(=O)OCc1ccccc1.CCO[C@H]1OC(=O)C[C@@H]1NC(=O)OCc1ccccc1. The molecule has 0 saturated carbocycles. The van der Waals surface area contributed by atoms with Crippen molar-refractivity contribution in [2.45, 2.75) is 111 Å². The predicted molar refractivity (Wildman–Crippen MR) is 220 cm³/mol. The van der Waals surface area contributed by atoms with Gasteiger partial charge in [-0.05, 0) is 50.8 Å². The Kier molecular flexibility index (Phi) is 23.3. The van der Waals surface area contributed by atoms with E-state index < -0.39 is 61.2 Å². The molecule has 0 aromatic heterocycles. The molecule has 2 saturated heterocycles. The number of esters is 2. The molecule has 3 amide bonds. The largest absolute Gasteiger partial charge is 0.445 e. The highest BCUT2D eigenvalue weighted by atomic mass is 16.7. The topological polar surface area (TPSA) is 205 Å². The minimum absolute atomic E-state index is 0.0884. The van der Waals surface area contributed by atoms with Gasteiger partial charge in [-0.25, -0.2) is 14.4 Å². The number of cyclic esters (lactones) is 2. The van der Waals surface area contributed by atoms with Crippen LogP contribution in [0.15, 0.2) is 91.0 Å². The van der Waals surface area contributed by atoms with Gasteiger partial charge in [0.05, 0.1) is 18.9 Å². The van der Waals surface area contributed by atoms with Crippen LogP contribution in [0.4, 0.5) is 14.4 Å². The molecule has 17 heteroatoms. The van der Waals surface area contributed by atoms with Crippen LogP contribution in [0.2, 0.25) is 0 Å². The van der Waals surface area contributed by atoms with Crippen LogP contribution in [0.1, 0.15) is 70.6 Å². The Hall–Kier alpha value is -5.75. The summed E-state index contributed by atoms with van der Waals surface area (Å²) < 4.78 is 46.7. The van der Waals surface area contributed by atoms with Gasteiger partial charge in [0.25, 0.3) is 0 Å². The van der Waals surface area contributed by atoms with E-state index in [9.17, 15) is 24.0 Å². The molecule has 0 unspecified atom stereocenters. The summed E-state index contributed by atoms with van der Waals surface area (Å²) in [6, 6.07) is 27.0. The number of nitrogens with one attached hydrogen (secondary N) is 3. The van der Waals surface area contributed by atoms with Crippen LogP contribution in [0.25, 0.3) is 0 Å². The van der Waals surface area contributed by atoms with Crippen LogP contribution in [0.3, 0.4) is 0 Å². The normalized spacial score (nSPS) is 18.2. The van der Waals surface area contributed by atoms with Crippen molar-refractivity contribution >= 4 is 30.2 Å². The molecule has 0 radical (unpaired) electrons. The van der Waals surface area contributed by atoms with Crippen molar-refractivity contribution in [3.8, 4) is 0 Å². The number of hydrogen-bond acceptors (Lipinski definition) is 14. The Bertz CT molecular complexity index is 1630. The highest BCUT2D eigenvalue weighted by molar-refractivity contribution is 5.76. The van der Waals surface area contributed by atoms with Crippen molar-refractivity contribution < 1.29 is 66.6 Å². The van der Waals surface area contributed by atoms with Crippen LogP contribution in [0.5, 0.6) is 0 Å². The average Bonchev–Trinajstić information content (AvgIpc) is 3.80. The van der Waals surface area contributed by atoms with Crippen LogP contribution >= 0.6 is 0 Å². The average molecular weight is 854 g/mol. The van der Waals surface area contributed by atoms with E-state index in [1.807, 2.05) is 112 Å². The second kappa shape index (κ2) is 28.7. The van der Waals surface area contributed by atoms with E-state index in [4.69, 9.17) is 42.6 Å². The van der Waals surface area contributed by atoms with E-state index in [1.54, 1.807) is 13.8 Å². The number of alkyl carbamates (subject to hydrolysis) is 3. The van der Waals surface area contributed by atoms with E-state index in [2.05, 4.69) is 16.0 Å². The molecule has 3 N–H and O–H groups in total. The first-order valence-electron chi connectivity index (χ1n) is 20.4. The molecule has 0 spiro atoms. The number of amides is 3. The monoisotopic (exact) mass is 853 g/mol. The van der Waals surface area contributed by atoms with E-state index in [0.717, 1.165) is 16.7 Å². The summed E-state index contributed by atoms with van der Waals surface area (Å²) in [5.41, 5.74) is 2.73. The molecular formula is C44H59N3O14. The maximum absolute atomic E-state index is 11.9. The number of benzene rings is 3. The van der Waals surface area contributed by atoms with Crippen molar-refractivity contribution in [2.75, 3.05) is 26.4 Å². The molecule has 2 fully saturated rings. The smallest absolute Gasteiger partial charge is 0.407 e. The van der Waals surface area contributed by atoms with E-state index in [1.165, 1.54) is 0 Å². The molecule has 2 aliphatic heterocycles. The van der Waals surface area contributed by atoms with Gasteiger partial charge in [-0.2, -0.15) is 0 Å². The first kappa shape index (κ1) is 49.6. The summed E-state index contributed by atoms with van der Waals surface area (Å²) in [5.74, 6) is -0.784. The summed E-state index contributed by atoms with van der Waals surface area (Å²) in [7, 11) is 0. The third kappa shape index (κ3) is 19.5. The Morgan fingerprint density at radius 3 is 1.25 bits per heavy atom. The molecule has 17 nitrogen and oxygen atoms in total. The molecule has 3 aromatic rings. The van der Waals surface area contributed by atoms with Gasteiger partial charge in [-0.1, -0.05) is 97.9 Å². The summed E-state index contributed by atoms with van der Waals surface area (Å²) >= 11 is 0. The molecule has 334 valence electrons. The first-order valence-corrected chi connectivity index (χ1v) is 20.4. The lowest BCUT2D eigenvalue weighted by molar-refractivity contribution is -0.164. The third-order valence-corrected chi connectivity index (χ3v) is 8.57. The van der Waals surface area contributed by atoms with Gasteiger partial charge in [0.1, 0.15) is 31.9 Å².